The summed E-state index contributed by atoms with van der Waals surface area (Å²) in [6.45, 7) is 3.04. The van der Waals surface area contributed by atoms with Crippen molar-refractivity contribution < 1.29 is 28.5 Å². The molecule has 0 fully saturated rings. The van der Waals surface area contributed by atoms with Gasteiger partial charge in [-0.2, -0.15) is 0 Å². The fourth-order valence-corrected chi connectivity index (χ4v) is 4.01. The van der Waals surface area contributed by atoms with Crippen molar-refractivity contribution in [1.29, 1.82) is 0 Å². The third-order valence-corrected chi connectivity index (χ3v) is 6.35. The standard InChI is InChI=1S/C30H37BrN2O6/c1-35-17-3-5-19-37-25-10-7-23(8-11-25)30(34)33-29-16-9-24(21-28(29)31)32-22-39-27-14-12-26(13-15-27)38-20-6-4-18-36-2/h7-16,21,32H,3-6,17-20,22H2,1-2H3,(H,33,34). The molecule has 3 aromatic rings. The Labute approximate surface area is 239 Å². The highest BCUT2D eigenvalue weighted by molar-refractivity contribution is 9.10. The predicted octanol–water partition coefficient (Wildman–Crippen LogP) is 6.76. The summed E-state index contributed by atoms with van der Waals surface area (Å²) in [5, 5.41) is 6.15. The summed E-state index contributed by atoms with van der Waals surface area (Å²) in [7, 11) is 3.39. The first-order valence-electron chi connectivity index (χ1n) is 13.0. The molecule has 8 nitrogen and oxygen atoms in total. The maximum atomic E-state index is 12.7. The van der Waals surface area contributed by atoms with E-state index in [1.165, 1.54) is 0 Å². The van der Waals surface area contributed by atoms with Crippen LogP contribution in [0.25, 0.3) is 0 Å². The van der Waals surface area contributed by atoms with E-state index in [1.54, 1.807) is 38.5 Å². The van der Waals surface area contributed by atoms with Crippen LogP contribution < -0.4 is 24.8 Å². The summed E-state index contributed by atoms with van der Waals surface area (Å²) in [6.07, 6.45) is 3.80. The number of halogens is 1. The van der Waals surface area contributed by atoms with Crippen molar-refractivity contribution in [1.82, 2.24) is 0 Å². The van der Waals surface area contributed by atoms with Gasteiger partial charge in [-0.25, -0.2) is 0 Å². The number of hydrogen-bond acceptors (Lipinski definition) is 7. The largest absolute Gasteiger partial charge is 0.494 e. The third-order valence-electron chi connectivity index (χ3n) is 5.70. The number of amides is 1. The topological polar surface area (TPSA) is 87.3 Å². The lowest BCUT2D eigenvalue weighted by Crippen LogP contribution is -2.13. The number of benzene rings is 3. The van der Waals surface area contributed by atoms with Crippen molar-refractivity contribution in [2.24, 2.45) is 0 Å². The number of anilines is 2. The SMILES string of the molecule is COCCCCOc1ccc(OCNc2ccc(NC(=O)c3ccc(OCCCCOC)cc3)c(Br)c2)cc1. The lowest BCUT2D eigenvalue weighted by molar-refractivity contribution is 0.102. The van der Waals surface area contributed by atoms with Gasteiger partial charge < -0.3 is 34.3 Å². The molecule has 1 amide bonds. The molecule has 0 aliphatic rings. The van der Waals surface area contributed by atoms with E-state index in [2.05, 4.69) is 26.6 Å². The van der Waals surface area contributed by atoms with Gasteiger partial charge in [0.05, 0.1) is 18.9 Å². The fraction of sp³-hybridized carbons (Fsp3) is 0.367. The van der Waals surface area contributed by atoms with E-state index in [9.17, 15) is 4.79 Å². The van der Waals surface area contributed by atoms with Crippen LogP contribution in [0.4, 0.5) is 11.4 Å². The van der Waals surface area contributed by atoms with Crippen LogP contribution in [0.2, 0.25) is 0 Å². The first-order valence-corrected chi connectivity index (χ1v) is 13.8. The molecule has 3 aromatic carbocycles. The molecule has 0 saturated heterocycles. The molecule has 9 heteroatoms. The Morgan fingerprint density at radius 2 is 1.21 bits per heavy atom. The lowest BCUT2D eigenvalue weighted by Gasteiger charge is -2.13. The Morgan fingerprint density at radius 1 is 0.692 bits per heavy atom. The first-order chi connectivity index (χ1) is 19.1. The minimum absolute atomic E-state index is 0.200. The van der Waals surface area contributed by atoms with Gasteiger partial charge in [0, 0.05) is 43.2 Å². The van der Waals surface area contributed by atoms with E-state index in [0.717, 1.165) is 66.3 Å². The van der Waals surface area contributed by atoms with Crippen LogP contribution in [0, 0.1) is 0 Å². The number of carbonyl (C=O) groups is 1. The second-order valence-corrected chi connectivity index (χ2v) is 9.56. The molecule has 210 valence electrons. The minimum Gasteiger partial charge on any atom is -0.494 e. The summed E-state index contributed by atoms with van der Waals surface area (Å²) in [5.41, 5.74) is 2.07. The zero-order valence-electron chi connectivity index (χ0n) is 22.5. The number of hydrogen-bond donors (Lipinski definition) is 2. The van der Waals surface area contributed by atoms with Gasteiger partial charge in [-0.3, -0.25) is 4.79 Å². The van der Waals surface area contributed by atoms with Crippen LogP contribution in [0.5, 0.6) is 17.2 Å². The van der Waals surface area contributed by atoms with Gasteiger partial charge in [0.25, 0.3) is 5.91 Å². The molecule has 0 radical (unpaired) electrons. The molecule has 3 rings (SSSR count). The van der Waals surface area contributed by atoms with Gasteiger partial charge in [-0.1, -0.05) is 0 Å². The van der Waals surface area contributed by atoms with Crippen LogP contribution in [-0.4, -0.2) is 53.3 Å². The number of nitrogens with one attached hydrogen (secondary N) is 2. The molecule has 0 heterocycles. The molecule has 0 saturated carbocycles. The molecule has 39 heavy (non-hydrogen) atoms. The third kappa shape index (κ3) is 11.2. The second-order valence-electron chi connectivity index (χ2n) is 8.71. The number of carbonyl (C=O) groups excluding carboxylic acids is 1. The van der Waals surface area contributed by atoms with Crippen molar-refractivity contribution in [2.45, 2.75) is 25.7 Å². The van der Waals surface area contributed by atoms with Gasteiger partial charge >= 0.3 is 0 Å². The fourth-order valence-electron chi connectivity index (χ4n) is 3.54. The zero-order valence-corrected chi connectivity index (χ0v) is 24.1. The normalized spacial score (nSPS) is 10.6. The summed E-state index contributed by atoms with van der Waals surface area (Å²) in [4.78, 5) is 12.7. The monoisotopic (exact) mass is 600 g/mol. The average Bonchev–Trinajstić information content (AvgIpc) is 2.95. The molecule has 0 aromatic heterocycles. The molecule has 0 bridgehead atoms. The number of ether oxygens (including phenoxy) is 5. The Balaban J connectivity index is 1.40. The summed E-state index contributed by atoms with van der Waals surface area (Å²) in [5.74, 6) is 2.08. The Kier molecular flexibility index (Phi) is 13.5. The Hall–Kier alpha value is -3.27. The van der Waals surface area contributed by atoms with E-state index in [-0.39, 0.29) is 12.6 Å². The van der Waals surface area contributed by atoms with Gasteiger partial charge in [-0.15, -0.1) is 0 Å². The van der Waals surface area contributed by atoms with Crippen LogP contribution in [0.1, 0.15) is 36.0 Å². The van der Waals surface area contributed by atoms with Crippen LogP contribution in [0.15, 0.2) is 71.2 Å². The molecule has 0 atom stereocenters. The van der Waals surface area contributed by atoms with Gasteiger partial charge in [0.1, 0.15) is 17.2 Å². The second kappa shape index (κ2) is 17.3. The maximum absolute atomic E-state index is 12.7. The average molecular weight is 602 g/mol. The Bertz CT molecular complexity index is 1130. The number of unbranched alkanes of at least 4 members (excludes halogenated alkanes) is 2. The molecular formula is C30H37BrN2O6. The van der Waals surface area contributed by atoms with Gasteiger partial charge in [-0.05, 0) is 108 Å². The van der Waals surface area contributed by atoms with Crippen molar-refractivity contribution in [3.8, 4) is 17.2 Å². The molecule has 2 N–H and O–H groups in total. The molecule has 0 aliphatic carbocycles. The van der Waals surface area contributed by atoms with E-state index >= 15 is 0 Å². The summed E-state index contributed by atoms with van der Waals surface area (Å²) >= 11 is 3.54. The highest BCUT2D eigenvalue weighted by Gasteiger charge is 2.09. The highest BCUT2D eigenvalue weighted by atomic mass is 79.9. The number of methoxy groups -OCH3 is 2. The molecule has 0 spiro atoms. The van der Waals surface area contributed by atoms with Gasteiger partial charge in [0.2, 0.25) is 0 Å². The van der Waals surface area contributed by atoms with Crippen LogP contribution >= 0.6 is 15.9 Å². The van der Waals surface area contributed by atoms with E-state index in [1.807, 2.05) is 42.5 Å². The van der Waals surface area contributed by atoms with Gasteiger partial charge in [0.15, 0.2) is 6.73 Å². The van der Waals surface area contributed by atoms with Crippen LogP contribution in [0.3, 0.4) is 0 Å². The maximum Gasteiger partial charge on any atom is 0.255 e. The smallest absolute Gasteiger partial charge is 0.255 e. The van der Waals surface area contributed by atoms with Crippen molar-refractivity contribution in [3.05, 3.63) is 76.8 Å². The predicted molar refractivity (Wildman–Crippen MR) is 157 cm³/mol. The van der Waals surface area contributed by atoms with E-state index in [4.69, 9.17) is 23.7 Å². The van der Waals surface area contributed by atoms with Crippen molar-refractivity contribution in [2.75, 3.05) is 58.0 Å². The van der Waals surface area contributed by atoms with Crippen molar-refractivity contribution in [3.63, 3.8) is 0 Å². The molecular weight excluding hydrogens is 564 g/mol. The van der Waals surface area contributed by atoms with E-state index in [0.29, 0.717) is 24.5 Å². The summed E-state index contributed by atoms with van der Waals surface area (Å²) < 4.78 is 28.0. The minimum atomic E-state index is -0.200. The van der Waals surface area contributed by atoms with Crippen molar-refractivity contribution >= 4 is 33.2 Å². The first kappa shape index (κ1) is 30.3. The summed E-state index contributed by atoms with van der Waals surface area (Å²) in [6, 6.07) is 20.3. The molecule has 0 aliphatic heterocycles. The molecule has 0 unspecified atom stereocenters. The lowest BCUT2D eigenvalue weighted by atomic mass is 10.2. The van der Waals surface area contributed by atoms with E-state index < -0.39 is 0 Å². The van der Waals surface area contributed by atoms with Crippen LogP contribution in [-0.2, 0) is 9.47 Å². The quantitative estimate of drug-likeness (QED) is 0.123. The Morgan fingerprint density at radius 3 is 1.74 bits per heavy atom. The zero-order chi connectivity index (χ0) is 27.7. The number of rotatable bonds is 18. The highest BCUT2D eigenvalue weighted by Crippen LogP contribution is 2.27.